The van der Waals surface area contributed by atoms with Gasteiger partial charge in [0.05, 0.1) is 37.1 Å². The van der Waals surface area contributed by atoms with Crippen LogP contribution in [0.25, 0.3) is 0 Å². The van der Waals surface area contributed by atoms with Crippen LogP contribution in [-0.2, 0) is 19.1 Å². The lowest BCUT2D eigenvalue weighted by molar-refractivity contribution is -0.137. The van der Waals surface area contributed by atoms with Gasteiger partial charge in [0.1, 0.15) is 5.92 Å². The second-order valence-corrected chi connectivity index (χ2v) is 8.17. The monoisotopic (exact) mass is 487 g/mol. The van der Waals surface area contributed by atoms with Crippen molar-refractivity contribution in [3.63, 3.8) is 0 Å². The Morgan fingerprint density at radius 2 is 1.42 bits per heavy atom. The quantitative estimate of drug-likeness (QED) is 0.361. The van der Waals surface area contributed by atoms with Crippen LogP contribution in [0.15, 0.2) is 78.9 Å². The van der Waals surface area contributed by atoms with Gasteiger partial charge in [-0.15, -0.1) is 0 Å². The largest absolute Gasteiger partial charge is 0.465 e. The van der Waals surface area contributed by atoms with Gasteiger partial charge >= 0.3 is 11.9 Å². The average Bonchev–Trinajstić information content (AvgIpc) is 2.92. The highest BCUT2D eigenvalue weighted by atomic mass is 16.5. The molecule has 0 radical (unpaired) electrons. The van der Waals surface area contributed by atoms with Crippen LogP contribution in [0.5, 0.6) is 0 Å². The summed E-state index contributed by atoms with van der Waals surface area (Å²) in [4.78, 5) is 51.2. The minimum Gasteiger partial charge on any atom is -0.465 e. The Kier molecular flexibility index (Phi) is 7.41. The summed E-state index contributed by atoms with van der Waals surface area (Å²) < 4.78 is 9.58. The molecule has 1 saturated heterocycles. The van der Waals surface area contributed by atoms with Gasteiger partial charge in [-0.2, -0.15) is 0 Å². The third kappa shape index (κ3) is 4.96. The molecule has 3 unspecified atom stereocenters. The first kappa shape index (κ1) is 24.6. The van der Waals surface area contributed by atoms with Crippen LogP contribution in [0.4, 0.5) is 5.69 Å². The third-order valence-electron chi connectivity index (χ3n) is 6.08. The summed E-state index contributed by atoms with van der Waals surface area (Å²) >= 11 is 0. The van der Waals surface area contributed by atoms with Crippen molar-refractivity contribution in [2.24, 2.45) is 5.92 Å². The number of amides is 2. The molecule has 0 saturated carbocycles. The lowest BCUT2D eigenvalue weighted by Crippen LogP contribution is -2.56. The molecule has 3 N–H and O–H groups in total. The van der Waals surface area contributed by atoms with E-state index in [1.165, 1.54) is 32.4 Å². The van der Waals surface area contributed by atoms with Crippen molar-refractivity contribution in [2.45, 2.75) is 12.0 Å². The van der Waals surface area contributed by atoms with Gasteiger partial charge in [0.2, 0.25) is 11.8 Å². The van der Waals surface area contributed by atoms with E-state index in [1.54, 1.807) is 0 Å². The number of anilines is 1. The number of carbonyl (C=O) groups is 4. The number of hydrazine groups is 1. The van der Waals surface area contributed by atoms with E-state index < -0.39 is 41.6 Å². The van der Waals surface area contributed by atoms with E-state index in [-0.39, 0.29) is 16.8 Å². The van der Waals surface area contributed by atoms with Gasteiger partial charge in [-0.1, -0.05) is 60.7 Å². The molecule has 3 aromatic rings. The zero-order chi connectivity index (χ0) is 25.7. The molecule has 3 aromatic carbocycles. The molecule has 0 bridgehead atoms. The third-order valence-corrected chi connectivity index (χ3v) is 6.08. The molecule has 1 heterocycles. The van der Waals surface area contributed by atoms with E-state index in [9.17, 15) is 19.2 Å². The lowest BCUT2D eigenvalue weighted by Gasteiger charge is -2.38. The molecule has 9 nitrogen and oxygen atoms in total. The van der Waals surface area contributed by atoms with Crippen molar-refractivity contribution in [3.8, 4) is 0 Å². The fraction of sp³-hybridized carbons (Fsp3) is 0.185. The van der Waals surface area contributed by atoms with Crippen LogP contribution in [0.3, 0.4) is 0 Å². The van der Waals surface area contributed by atoms with Crippen molar-refractivity contribution in [3.05, 3.63) is 101 Å². The predicted octanol–water partition coefficient (Wildman–Crippen LogP) is 2.97. The first-order chi connectivity index (χ1) is 17.4. The minimum absolute atomic E-state index is 0.0312. The molecule has 4 rings (SSSR count). The van der Waals surface area contributed by atoms with Gasteiger partial charge in [0.15, 0.2) is 0 Å². The molecule has 9 heteroatoms. The predicted molar refractivity (Wildman–Crippen MR) is 131 cm³/mol. The maximum atomic E-state index is 13.7. The van der Waals surface area contributed by atoms with Crippen LogP contribution in [0.2, 0.25) is 0 Å². The van der Waals surface area contributed by atoms with Crippen LogP contribution in [-0.4, -0.2) is 38.0 Å². The molecule has 2 amide bonds. The number of hydrogen-bond acceptors (Lipinski definition) is 7. The summed E-state index contributed by atoms with van der Waals surface area (Å²) in [6.45, 7) is 0. The van der Waals surface area contributed by atoms with Crippen molar-refractivity contribution in [1.82, 2.24) is 10.9 Å². The zero-order valence-corrected chi connectivity index (χ0v) is 19.7. The zero-order valence-electron chi connectivity index (χ0n) is 19.7. The Balaban J connectivity index is 1.76. The smallest absolute Gasteiger partial charge is 0.339 e. The van der Waals surface area contributed by atoms with Gasteiger partial charge in [0.25, 0.3) is 0 Å². The number of nitrogens with one attached hydrogen (secondary N) is 3. The summed E-state index contributed by atoms with van der Waals surface area (Å²) in [6.07, 6.45) is 0. The summed E-state index contributed by atoms with van der Waals surface area (Å²) in [5.74, 6) is -4.27. The summed E-state index contributed by atoms with van der Waals surface area (Å²) in [6, 6.07) is 22.4. The second-order valence-electron chi connectivity index (χ2n) is 8.17. The SMILES string of the molecule is COC(=O)c1ccc(C(=O)OC)c(NC(=O)C2C(=O)NNC(c3ccccc3)C2c2ccccc2)c1. The Labute approximate surface area is 207 Å². The molecule has 36 heavy (non-hydrogen) atoms. The van der Waals surface area contributed by atoms with E-state index in [4.69, 9.17) is 9.47 Å². The fourth-order valence-electron chi connectivity index (χ4n) is 4.36. The Morgan fingerprint density at radius 1 is 0.806 bits per heavy atom. The van der Waals surface area contributed by atoms with Gasteiger partial charge < -0.3 is 14.8 Å². The van der Waals surface area contributed by atoms with Gasteiger partial charge in [0, 0.05) is 5.92 Å². The highest BCUT2D eigenvalue weighted by molar-refractivity contribution is 6.10. The Morgan fingerprint density at radius 3 is 2.03 bits per heavy atom. The number of ether oxygens (including phenoxy) is 2. The topological polar surface area (TPSA) is 123 Å². The van der Waals surface area contributed by atoms with Crippen LogP contribution in [0, 0.1) is 5.92 Å². The number of carbonyl (C=O) groups excluding carboxylic acids is 4. The molecule has 1 aliphatic rings. The van der Waals surface area contributed by atoms with Crippen molar-refractivity contribution < 1.29 is 28.7 Å². The van der Waals surface area contributed by atoms with E-state index >= 15 is 0 Å². The van der Waals surface area contributed by atoms with E-state index in [0.717, 1.165) is 11.1 Å². The molecule has 184 valence electrons. The molecule has 0 spiro atoms. The minimum atomic E-state index is -1.16. The molecule has 0 aliphatic carbocycles. The highest BCUT2D eigenvalue weighted by Crippen LogP contribution is 2.40. The summed E-state index contributed by atoms with van der Waals surface area (Å²) in [5, 5.41) is 2.68. The maximum Gasteiger partial charge on any atom is 0.339 e. The molecule has 3 atom stereocenters. The first-order valence-corrected chi connectivity index (χ1v) is 11.2. The molecule has 1 aliphatic heterocycles. The van der Waals surface area contributed by atoms with Gasteiger partial charge in [-0.3, -0.25) is 15.0 Å². The van der Waals surface area contributed by atoms with E-state index in [0.29, 0.717) is 0 Å². The molecular weight excluding hydrogens is 462 g/mol. The normalized spacial score (nSPS) is 19.1. The second kappa shape index (κ2) is 10.8. The highest BCUT2D eigenvalue weighted by Gasteiger charge is 2.44. The fourth-order valence-corrected chi connectivity index (χ4v) is 4.36. The van der Waals surface area contributed by atoms with E-state index in [2.05, 4.69) is 16.2 Å². The number of methoxy groups -OCH3 is 2. The van der Waals surface area contributed by atoms with Crippen LogP contribution in [0.1, 0.15) is 43.8 Å². The standard InChI is InChI=1S/C27H25N3O6/c1-35-26(33)18-13-14-19(27(34)36-2)20(15-18)28-24(31)22-21(16-9-5-3-6-10-16)23(29-30-25(22)32)17-11-7-4-8-12-17/h3-15,21-23,29H,1-2H3,(H,28,31)(H,30,32). The van der Waals surface area contributed by atoms with Crippen molar-refractivity contribution >= 4 is 29.4 Å². The van der Waals surface area contributed by atoms with E-state index in [1.807, 2.05) is 60.7 Å². The Hall–Kier alpha value is -4.50. The number of hydrogen-bond donors (Lipinski definition) is 3. The van der Waals surface area contributed by atoms with Gasteiger partial charge in [-0.25, -0.2) is 15.0 Å². The number of rotatable bonds is 6. The molecule has 1 fully saturated rings. The first-order valence-electron chi connectivity index (χ1n) is 11.2. The van der Waals surface area contributed by atoms with Crippen molar-refractivity contribution in [2.75, 3.05) is 19.5 Å². The summed E-state index contributed by atoms with van der Waals surface area (Å²) in [7, 11) is 2.43. The molecular formula is C27H25N3O6. The van der Waals surface area contributed by atoms with Crippen LogP contribution < -0.4 is 16.2 Å². The maximum absolute atomic E-state index is 13.7. The average molecular weight is 488 g/mol. The lowest BCUT2D eigenvalue weighted by atomic mass is 9.76. The van der Waals surface area contributed by atoms with Crippen molar-refractivity contribution in [1.29, 1.82) is 0 Å². The number of esters is 2. The molecule has 0 aromatic heterocycles. The van der Waals surface area contributed by atoms with Gasteiger partial charge in [-0.05, 0) is 29.3 Å². The summed E-state index contributed by atoms with van der Waals surface area (Å²) in [5.41, 5.74) is 7.51. The Bertz CT molecular complexity index is 1280. The van der Waals surface area contributed by atoms with Crippen LogP contribution >= 0.6 is 0 Å². The number of benzene rings is 3.